The van der Waals surface area contributed by atoms with Crippen molar-refractivity contribution in [3.63, 3.8) is 0 Å². The lowest BCUT2D eigenvalue weighted by Gasteiger charge is -2.34. The molecular formula is C68H47N3Si. The van der Waals surface area contributed by atoms with Crippen LogP contribution in [0, 0.1) is 0 Å². The van der Waals surface area contributed by atoms with Crippen molar-refractivity contribution in [2.75, 3.05) is 4.90 Å². The minimum absolute atomic E-state index is 1.09. The first-order valence-electron chi connectivity index (χ1n) is 24.8. The summed E-state index contributed by atoms with van der Waals surface area (Å²) in [7, 11) is -2.86. The van der Waals surface area contributed by atoms with E-state index in [0.29, 0.717) is 0 Å². The molecular weight excluding hydrogens is 887 g/mol. The van der Waals surface area contributed by atoms with Crippen molar-refractivity contribution in [2.24, 2.45) is 0 Å². The van der Waals surface area contributed by atoms with Gasteiger partial charge >= 0.3 is 0 Å². The Morgan fingerprint density at radius 1 is 0.278 bits per heavy atom. The lowest BCUT2D eigenvalue weighted by molar-refractivity contribution is 1.18. The van der Waals surface area contributed by atoms with Crippen LogP contribution in [0.4, 0.5) is 17.1 Å². The largest absolute Gasteiger partial charge is 0.310 e. The minimum Gasteiger partial charge on any atom is -0.310 e. The van der Waals surface area contributed by atoms with Gasteiger partial charge in [0.25, 0.3) is 0 Å². The highest BCUT2D eigenvalue weighted by Crippen LogP contribution is 2.47. The molecule has 0 saturated carbocycles. The summed E-state index contributed by atoms with van der Waals surface area (Å²) >= 11 is 0. The van der Waals surface area contributed by atoms with Gasteiger partial charge in [0.05, 0.1) is 27.8 Å². The van der Waals surface area contributed by atoms with Crippen molar-refractivity contribution in [1.29, 1.82) is 0 Å². The molecule has 0 spiro atoms. The predicted octanol–water partition coefficient (Wildman–Crippen LogP) is 15.0. The Morgan fingerprint density at radius 3 is 1.35 bits per heavy atom. The quantitative estimate of drug-likeness (QED) is 0.0757. The Morgan fingerprint density at radius 2 is 0.750 bits per heavy atom. The van der Waals surface area contributed by atoms with Crippen molar-refractivity contribution in [2.45, 2.75) is 0 Å². The van der Waals surface area contributed by atoms with E-state index in [-0.39, 0.29) is 0 Å². The lowest BCUT2D eigenvalue weighted by Crippen LogP contribution is -2.74. The number of anilines is 3. The number of hydrogen-bond donors (Lipinski definition) is 0. The number of benzene rings is 12. The number of para-hydroxylation sites is 2. The fraction of sp³-hybridized carbons (Fsp3) is 0. The van der Waals surface area contributed by atoms with Crippen LogP contribution in [0.3, 0.4) is 0 Å². The molecule has 0 radical (unpaired) electrons. The number of hydrogen-bond acceptors (Lipinski definition) is 1. The first-order valence-corrected chi connectivity index (χ1v) is 26.8. The van der Waals surface area contributed by atoms with E-state index in [0.717, 1.165) is 34.0 Å². The molecule has 0 atom stereocenters. The predicted molar refractivity (Wildman–Crippen MR) is 308 cm³/mol. The van der Waals surface area contributed by atoms with E-state index >= 15 is 0 Å². The summed E-state index contributed by atoms with van der Waals surface area (Å²) in [4.78, 5) is 2.49. The Hall–Kier alpha value is -9.22. The van der Waals surface area contributed by atoms with Gasteiger partial charge in [-0.15, -0.1) is 0 Å². The fourth-order valence-corrected chi connectivity index (χ4v) is 16.7. The first-order chi connectivity index (χ1) is 35.7. The minimum atomic E-state index is -2.86. The van der Waals surface area contributed by atoms with Gasteiger partial charge in [-0.2, -0.15) is 0 Å². The van der Waals surface area contributed by atoms with Crippen molar-refractivity contribution in [3.05, 3.63) is 285 Å². The van der Waals surface area contributed by atoms with Crippen LogP contribution in [-0.4, -0.2) is 17.2 Å². The maximum Gasteiger partial charge on any atom is 0.179 e. The molecule has 0 unspecified atom stereocenters. The molecule has 12 aromatic carbocycles. The first kappa shape index (κ1) is 41.7. The molecule has 0 aliphatic carbocycles. The summed E-state index contributed by atoms with van der Waals surface area (Å²) in [5.41, 5.74) is 12.7. The second-order valence-corrected chi connectivity index (χ2v) is 22.6. The molecule has 2 heterocycles. The molecule has 0 aliphatic rings. The van der Waals surface area contributed by atoms with Crippen molar-refractivity contribution in [1.82, 2.24) is 9.13 Å². The molecule has 72 heavy (non-hydrogen) atoms. The highest BCUT2D eigenvalue weighted by Gasteiger charge is 2.41. The normalized spacial score (nSPS) is 11.9. The Balaban J connectivity index is 1.05. The summed E-state index contributed by atoms with van der Waals surface area (Å²) in [6.45, 7) is 0. The third-order valence-electron chi connectivity index (χ3n) is 15.0. The van der Waals surface area contributed by atoms with Crippen LogP contribution in [0.25, 0.3) is 76.9 Å². The fourth-order valence-electron chi connectivity index (χ4n) is 11.9. The molecule has 2 aromatic heterocycles. The van der Waals surface area contributed by atoms with E-state index < -0.39 is 8.07 Å². The number of nitrogens with zero attached hydrogens (tertiary/aromatic N) is 3. The molecule has 0 bridgehead atoms. The summed E-state index contributed by atoms with van der Waals surface area (Å²) in [5, 5.41) is 12.8. The third-order valence-corrected chi connectivity index (χ3v) is 19.8. The highest BCUT2D eigenvalue weighted by atomic mass is 28.3. The molecule has 14 rings (SSSR count). The van der Waals surface area contributed by atoms with Crippen LogP contribution in [0.1, 0.15) is 0 Å². The standard InChI is InChI=1S/C68H47N3Si/c1-7-20-48(21-8-1)49-34-37-53(38-35-49)69(62-44-45-66-68-59(62)41-36-50-22-19-33-65(67(50)68)71(66)52-25-11-3-12-26-52)54-39-42-63-60(46-54)61-47-58(40-43-64(61)70(63)51-23-9-2-10-24-51)72(55-27-13-4-14-28-55,56-29-15-5-16-30-56)57-31-17-6-18-32-57/h1-47H. The van der Waals surface area contributed by atoms with Crippen LogP contribution >= 0.6 is 0 Å². The summed E-state index contributed by atoms with van der Waals surface area (Å²) in [5.74, 6) is 0. The monoisotopic (exact) mass is 933 g/mol. The van der Waals surface area contributed by atoms with Gasteiger partial charge in [0.2, 0.25) is 0 Å². The Bertz CT molecular complexity index is 4130. The summed E-state index contributed by atoms with van der Waals surface area (Å²) < 4.78 is 4.88. The third kappa shape index (κ3) is 6.50. The zero-order valence-corrected chi connectivity index (χ0v) is 40.5. The average molecular weight is 934 g/mol. The van der Waals surface area contributed by atoms with E-state index in [1.165, 1.54) is 80.7 Å². The smallest absolute Gasteiger partial charge is 0.179 e. The molecule has 0 amide bonds. The van der Waals surface area contributed by atoms with Gasteiger partial charge in [0, 0.05) is 49.7 Å². The van der Waals surface area contributed by atoms with Gasteiger partial charge in [0.15, 0.2) is 8.07 Å². The molecule has 338 valence electrons. The van der Waals surface area contributed by atoms with Crippen molar-refractivity contribution >= 4 is 100 Å². The second-order valence-electron chi connectivity index (χ2n) is 18.8. The highest BCUT2D eigenvalue weighted by molar-refractivity contribution is 7.20. The summed E-state index contributed by atoms with van der Waals surface area (Å²) in [6, 6.07) is 106. The summed E-state index contributed by atoms with van der Waals surface area (Å²) in [6.07, 6.45) is 0. The van der Waals surface area contributed by atoms with E-state index in [9.17, 15) is 0 Å². The van der Waals surface area contributed by atoms with Crippen LogP contribution in [0.15, 0.2) is 285 Å². The van der Waals surface area contributed by atoms with Gasteiger partial charge < -0.3 is 14.0 Å². The molecule has 3 nitrogen and oxygen atoms in total. The van der Waals surface area contributed by atoms with Crippen molar-refractivity contribution < 1.29 is 0 Å². The SMILES string of the molecule is c1ccc(-c2ccc(N(c3ccc4c(c3)c3cc([Si](c5ccccc5)(c5ccccc5)c5ccccc5)ccc3n4-c3ccccc3)c3ccc4c5c3ccc3cccc(c35)n4-c3ccccc3)cc2)cc1. The van der Waals surface area contributed by atoms with Gasteiger partial charge in [0.1, 0.15) is 0 Å². The Labute approximate surface area is 419 Å². The van der Waals surface area contributed by atoms with Crippen LogP contribution in [0.2, 0.25) is 0 Å². The molecule has 0 saturated heterocycles. The lowest BCUT2D eigenvalue weighted by atomic mass is 9.99. The maximum absolute atomic E-state index is 2.86. The topological polar surface area (TPSA) is 13.1 Å². The van der Waals surface area contributed by atoms with Crippen LogP contribution < -0.4 is 25.6 Å². The number of rotatable bonds is 10. The molecule has 0 N–H and O–H groups in total. The number of aromatic nitrogens is 2. The second kappa shape index (κ2) is 17.0. The molecule has 0 fully saturated rings. The van der Waals surface area contributed by atoms with E-state index in [1.807, 2.05) is 0 Å². The van der Waals surface area contributed by atoms with Crippen LogP contribution in [0.5, 0.6) is 0 Å². The van der Waals surface area contributed by atoms with Gasteiger partial charge in [-0.3, -0.25) is 0 Å². The Kier molecular flexibility index (Phi) is 9.87. The van der Waals surface area contributed by atoms with Gasteiger partial charge in [-0.1, -0.05) is 206 Å². The molecule has 14 aromatic rings. The zero-order chi connectivity index (χ0) is 47.6. The van der Waals surface area contributed by atoms with Crippen molar-refractivity contribution in [3.8, 4) is 22.5 Å². The zero-order valence-electron chi connectivity index (χ0n) is 39.5. The van der Waals surface area contributed by atoms with E-state index in [4.69, 9.17) is 0 Å². The molecule has 0 aliphatic heterocycles. The van der Waals surface area contributed by atoms with E-state index in [2.05, 4.69) is 299 Å². The molecule has 4 heteroatoms. The van der Waals surface area contributed by atoms with Gasteiger partial charge in [-0.25, -0.2) is 0 Å². The van der Waals surface area contributed by atoms with E-state index in [1.54, 1.807) is 0 Å². The number of fused-ring (bicyclic) bond motifs is 3. The average Bonchev–Trinajstić information content (AvgIpc) is 3.98. The maximum atomic E-state index is 2.54. The van der Waals surface area contributed by atoms with Gasteiger partial charge in [-0.05, 0) is 116 Å². The van der Waals surface area contributed by atoms with Crippen LogP contribution in [-0.2, 0) is 0 Å².